The molecule has 1 unspecified atom stereocenters. The summed E-state index contributed by atoms with van der Waals surface area (Å²) < 4.78 is 0. The molecule has 1 atom stereocenters. The number of pyridine rings is 1. The molecule has 0 bridgehead atoms. The Labute approximate surface area is 104 Å². The van der Waals surface area contributed by atoms with Gasteiger partial charge in [0.15, 0.2) is 5.65 Å². The Morgan fingerprint density at radius 1 is 1.31 bits per heavy atom. The third kappa shape index (κ3) is 2.83. The van der Waals surface area contributed by atoms with Crippen molar-refractivity contribution in [3.63, 3.8) is 0 Å². The van der Waals surface area contributed by atoms with Gasteiger partial charge in [-0.25, -0.2) is 9.97 Å². The summed E-state index contributed by atoms with van der Waals surface area (Å²) in [6.07, 6.45) is 4.31. The fraction of sp³-hybridized carbons (Fsp3) is 0.364. The van der Waals surface area contributed by atoms with Crippen LogP contribution in [0.25, 0.3) is 11.2 Å². The summed E-state index contributed by atoms with van der Waals surface area (Å²) in [4.78, 5) is 12.8. The highest BCUT2D eigenvalue weighted by molar-refractivity contribution is 7.99. The van der Waals surface area contributed by atoms with Crippen molar-refractivity contribution in [2.24, 2.45) is 0 Å². The zero-order chi connectivity index (χ0) is 11.4. The summed E-state index contributed by atoms with van der Waals surface area (Å²) in [5.74, 6) is 0.682. The molecule has 0 fully saturated rings. The minimum atomic E-state index is 0.471. The van der Waals surface area contributed by atoms with Crippen LogP contribution in [0.15, 0.2) is 29.6 Å². The second kappa shape index (κ2) is 5.46. The number of hydrogen-bond donors (Lipinski definition) is 0. The number of aromatic nitrogens is 3. The Kier molecular flexibility index (Phi) is 3.96. The van der Waals surface area contributed by atoms with Gasteiger partial charge in [0.2, 0.25) is 0 Å². The predicted octanol–water partition coefficient (Wildman–Crippen LogP) is 3.13. The van der Waals surface area contributed by atoms with Gasteiger partial charge in [-0.3, -0.25) is 4.98 Å². The van der Waals surface area contributed by atoms with Crippen LogP contribution < -0.4 is 0 Å². The maximum absolute atomic E-state index is 5.70. The minimum Gasteiger partial charge on any atom is -0.251 e. The van der Waals surface area contributed by atoms with Crippen molar-refractivity contribution in [2.75, 3.05) is 5.88 Å². The number of nitrogens with zero attached hydrogens (tertiary/aromatic N) is 3. The molecule has 3 nitrogen and oxygen atoms in total. The van der Waals surface area contributed by atoms with E-state index in [4.69, 9.17) is 11.6 Å². The maximum Gasteiger partial charge on any atom is 0.179 e. The van der Waals surface area contributed by atoms with Gasteiger partial charge in [0.05, 0.1) is 5.03 Å². The Bertz CT molecular complexity index is 477. The standard InChI is InChI=1S/C11H12ClN3S/c1-8(4-5-12)16-10-3-2-9-11(15-10)14-7-6-13-9/h2-3,6-8H,4-5H2,1H3. The second-order valence-corrected chi connectivity index (χ2v) is 5.29. The molecular weight excluding hydrogens is 242 g/mol. The van der Waals surface area contributed by atoms with E-state index in [9.17, 15) is 0 Å². The zero-order valence-electron chi connectivity index (χ0n) is 8.93. The average Bonchev–Trinajstić information content (AvgIpc) is 2.29. The molecule has 0 aliphatic heterocycles. The van der Waals surface area contributed by atoms with Gasteiger partial charge in [-0.2, -0.15) is 0 Å². The molecule has 0 saturated heterocycles. The number of hydrogen-bond acceptors (Lipinski definition) is 4. The number of rotatable bonds is 4. The molecule has 0 N–H and O–H groups in total. The van der Waals surface area contributed by atoms with Gasteiger partial charge in [-0.05, 0) is 18.6 Å². The van der Waals surface area contributed by atoms with Crippen molar-refractivity contribution >= 4 is 34.5 Å². The molecule has 16 heavy (non-hydrogen) atoms. The lowest BCUT2D eigenvalue weighted by atomic mass is 10.4. The van der Waals surface area contributed by atoms with Gasteiger partial charge in [-0.1, -0.05) is 6.92 Å². The molecule has 0 aromatic carbocycles. The number of fused-ring (bicyclic) bond motifs is 1. The van der Waals surface area contributed by atoms with Crippen LogP contribution >= 0.6 is 23.4 Å². The first-order valence-electron chi connectivity index (χ1n) is 5.10. The van der Waals surface area contributed by atoms with Crippen molar-refractivity contribution in [1.29, 1.82) is 0 Å². The van der Waals surface area contributed by atoms with Crippen LogP contribution in [-0.2, 0) is 0 Å². The van der Waals surface area contributed by atoms with Gasteiger partial charge in [0, 0.05) is 23.5 Å². The summed E-state index contributed by atoms with van der Waals surface area (Å²) in [6, 6.07) is 3.93. The molecule has 84 valence electrons. The van der Waals surface area contributed by atoms with Gasteiger partial charge >= 0.3 is 0 Å². The number of thioether (sulfide) groups is 1. The Morgan fingerprint density at radius 3 is 2.94 bits per heavy atom. The van der Waals surface area contributed by atoms with E-state index in [2.05, 4.69) is 21.9 Å². The highest BCUT2D eigenvalue weighted by Gasteiger charge is 2.06. The normalized spacial score (nSPS) is 12.9. The minimum absolute atomic E-state index is 0.471. The molecule has 2 aromatic heterocycles. The fourth-order valence-electron chi connectivity index (χ4n) is 1.32. The van der Waals surface area contributed by atoms with Gasteiger partial charge in [0.1, 0.15) is 5.52 Å². The molecule has 2 rings (SSSR count). The lowest BCUT2D eigenvalue weighted by molar-refractivity contribution is 0.908. The van der Waals surface area contributed by atoms with Crippen LogP contribution in [0.1, 0.15) is 13.3 Å². The first-order valence-corrected chi connectivity index (χ1v) is 6.51. The van der Waals surface area contributed by atoms with E-state index in [1.54, 1.807) is 24.2 Å². The zero-order valence-corrected chi connectivity index (χ0v) is 10.5. The largest absolute Gasteiger partial charge is 0.251 e. The van der Waals surface area contributed by atoms with E-state index in [1.807, 2.05) is 12.1 Å². The highest BCUT2D eigenvalue weighted by atomic mass is 35.5. The summed E-state index contributed by atoms with van der Waals surface area (Å²) in [5, 5.41) is 1.45. The number of halogens is 1. The Morgan fingerprint density at radius 2 is 2.12 bits per heavy atom. The molecule has 5 heteroatoms. The van der Waals surface area contributed by atoms with Crippen molar-refractivity contribution < 1.29 is 0 Å². The molecular formula is C11H12ClN3S. The molecule has 0 aliphatic rings. The molecule has 2 aromatic rings. The first-order chi connectivity index (χ1) is 7.79. The van der Waals surface area contributed by atoms with Crippen molar-refractivity contribution in [1.82, 2.24) is 15.0 Å². The van der Waals surface area contributed by atoms with E-state index >= 15 is 0 Å². The summed E-state index contributed by atoms with van der Waals surface area (Å²) in [6.45, 7) is 2.15. The summed E-state index contributed by atoms with van der Waals surface area (Å²) in [5.41, 5.74) is 1.53. The van der Waals surface area contributed by atoms with Crippen molar-refractivity contribution in [2.45, 2.75) is 23.6 Å². The topological polar surface area (TPSA) is 38.7 Å². The van der Waals surface area contributed by atoms with E-state index in [0.717, 1.165) is 17.0 Å². The summed E-state index contributed by atoms with van der Waals surface area (Å²) in [7, 11) is 0. The molecule has 0 spiro atoms. The third-order valence-electron chi connectivity index (χ3n) is 2.14. The van der Waals surface area contributed by atoms with Gasteiger partial charge in [-0.15, -0.1) is 23.4 Å². The maximum atomic E-state index is 5.70. The van der Waals surface area contributed by atoms with Crippen LogP contribution in [0.4, 0.5) is 0 Å². The van der Waals surface area contributed by atoms with E-state index in [0.29, 0.717) is 16.8 Å². The lowest BCUT2D eigenvalue weighted by Gasteiger charge is -2.08. The molecule has 2 heterocycles. The molecule has 0 saturated carbocycles. The SMILES string of the molecule is CC(CCCl)Sc1ccc2nccnc2n1. The van der Waals surface area contributed by atoms with Crippen molar-refractivity contribution in [3.8, 4) is 0 Å². The van der Waals surface area contributed by atoms with Gasteiger partial charge < -0.3 is 0 Å². The fourth-order valence-corrected chi connectivity index (χ4v) is 2.71. The predicted molar refractivity (Wildman–Crippen MR) is 68.0 cm³/mol. The highest BCUT2D eigenvalue weighted by Crippen LogP contribution is 2.24. The van der Waals surface area contributed by atoms with Crippen molar-refractivity contribution in [3.05, 3.63) is 24.5 Å². The molecule has 0 aliphatic carbocycles. The third-order valence-corrected chi connectivity index (χ3v) is 3.47. The second-order valence-electron chi connectivity index (χ2n) is 3.45. The van der Waals surface area contributed by atoms with E-state index in [-0.39, 0.29) is 0 Å². The molecule has 0 radical (unpaired) electrons. The first kappa shape index (κ1) is 11.6. The Hall–Kier alpha value is -0.870. The smallest absolute Gasteiger partial charge is 0.179 e. The van der Waals surface area contributed by atoms with Crippen LogP contribution in [0.3, 0.4) is 0 Å². The molecule has 0 amide bonds. The quantitative estimate of drug-likeness (QED) is 0.620. The van der Waals surface area contributed by atoms with Crippen LogP contribution in [0.2, 0.25) is 0 Å². The van der Waals surface area contributed by atoms with Crippen LogP contribution in [0, 0.1) is 0 Å². The monoisotopic (exact) mass is 253 g/mol. The number of alkyl halides is 1. The van der Waals surface area contributed by atoms with Crippen LogP contribution in [-0.4, -0.2) is 26.1 Å². The Balaban J connectivity index is 2.19. The van der Waals surface area contributed by atoms with E-state index < -0.39 is 0 Å². The lowest BCUT2D eigenvalue weighted by Crippen LogP contribution is -1.98. The summed E-state index contributed by atoms with van der Waals surface area (Å²) >= 11 is 7.42. The average molecular weight is 254 g/mol. The van der Waals surface area contributed by atoms with Gasteiger partial charge in [0.25, 0.3) is 0 Å². The van der Waals surface area contributed by atoms with E-state index in [1.165, 1.54) is 0 Å². The van der Waals surface area contributed by atoms with Crippen LogP contribution in [0.5, 0.6) is 0 Å².